The number of carbonyl (C=O) groups is 1. The molecule has 0 heterocycles. The van der Waals surface area contributed by atoms with Crippen molar-refractivity contribution in [3.8, 4) is 0 Å². The molecule has 0 atom stereocenters. The van der Waals surface area contributed by atoms with Gasteiger partial charge < -0.3 is 4.74 Å². The van der Waals surface area contributed by atoms with Crippen LogP contribution in [0.1, 0.15) is 17.3 Å². The van der Waals surface area contributed by atoms with E-state index in [-0.39, 0.29) is 47.7 Å². The average molecular weight is 289 g/mol. The van der Waals surface area contributed by atoms with Gasteiger partial charge in [-0.2, -0.15) is 13.5 Å². The molecule has 0 saturated heterocycles. The summed E-state index contributed by atoms with van der Waals surface area (Å²) in [6.45, 7) is 3.04. The van der Waals surface area contributed by atoms with Crippen LogP contribution in [0, 0.1) is 48.4 Å². The zero-order chi connectivity index (χ0) is 8.10. The minimum atomic E-state index is -0.312. The number of benzene rings is 1. The largest absolute Gasteiger partial charge is 0.634 e. The van der Waals surface area contributed by atoms with E-state index in [0.29, 0.717) is 5.56 Å². The summed E-state index contributed by atoms with van der Waals surface area (Å²) in [5, 5.41) is 0. The molecule has 0 radical (unpaired) electrons. The molecule has 2 nitrogen and oxygen atoms in total. The summed E-state index contributed by atoms with van der Waals surface area (Å²) in [4.78, 5) is 11.0. The minimum absolute atomic E-state index is 0. The van der Waals surface area contributed by atoms with Gasteiger partial charge in [0.15, 0.2) is 0 Å². The van der Waals surface area contributed by atoms with E-state index >= 15 is 0 Å². The molecule has 0 fully saturated rings. The molecule has 0 amide bonds. The van der Waals surface area contributed by atoms with Gasteiger partial charge in [-0.3, -0.25) is 0 Å². The maximum Gasteiger partial charge on any atom is 0.306 e. The Morgan fingerprint density at radius 1 is 1.33 bits per heavy atom. The Hall–Kier alpha value is 0.0666. The van der Waals surface area contributed by atoms with Gasteiger partial charge in [-0.1, -0.05) is 18.2 Å². The van der Waals surface area contributed by atoms with E-state index in [9.17, 15) is 4.79 Å². The second kappa shape index (κ2) is 6.57. The molecule has 0 aliphatic rings. The quantitative estimate of drug-likeness (QED) is 0.615. The topological polar surface area (TPSA) is 26.3 Å². The molecule has 62 valence electrons. The van der Waals surface area contributed by atoms with Crippen molar-refractivity contribution >= 4 is 5.97 Å². The Kier molecular flexibility index (Phi) is 6.60. The van der Waals surface area contributed by atoms with Crippen molar-refractivity contribution < 1.29 is 51.3 Å². The second-order valence-corrected chi connectivity index (χ2v) is 2.01. The Bertz CT molecular complexity index is 234. The van der Waals surface area contributed by atoms with Crippen molar-refractivity contribution in [3.63, 3.8) is 0 Å². The third-order valence-electron chi connectivity index (χ3n) is 1.23. The van der Waals surface area contributed by atoms with Gasteiger partial charge in [-0.25, -0.2) is 4.79 Å². The van der Waals surface area contributed by atoms with Gasteiger partial charge >= 0.3 is 5.97 Å². The van der Waals surface area contributed by atoms with Crippen LogP contribution in [0.2, 0.25) is 0 Å². The molecule has 12 heavy (non-hydrogen) atoms. The van der Waals surface area contributed by atoms with Crippen LogP contribution in [0.25, 0.3) is 0 Å². The molecule has 0 aliphatic heterocycles. The van der Waals surface area contributed by atoms with Crippen LogP contribution in [0.3, 0.4) is 0 Å². The maximum atomic E-state index is 11.0. The van der Waals surface area contributed by atoms with Crippen molar-refractivity contribution in [2.75, 3.05) is 0 Å². The number of hydrogen-bond acceptors (Lipinski definition) is 2. The first kappa shape index (κ1) is 12.1. The standard InChI is InChI=1S/C9H9O2.Ce/c1-2-11-9(10)8-6-4-3-5-7-8;/h2-7H,1H3;/q-1;. The predicted octanol–water partition coefficient (Wildman–Crippen LogP) is 2.03. The first-order valence-corrected chi connectivity index (χ1v) is 3.38. The molecule has 0 aliphatic carbocycles. The van der Waals surface area contributed by atoms with Crippen molar-refractivity contribution in [3.05, 3.63) is 42.5 Å². The van der Waals surface area contributed by atoms with Crippen LogP contribution in [0.5, 0.6) is 0 Å². The Morgan fingerprint density at radius 2 is 1.92 bits per heavy atom. The summed E-state index contributed by atoms with van der Waals surface area (Å²) in [6.07, 6.45) is 0. The van der Waals surface area contributed by atoms with Crippen LogP contribution >= 0.6 is 0 Å². The molecular formula is C9H9CeO2-. The van der Waals surface area contributed by atoms with Crippen LogP contribution in [-0.4, -0.2) is 5.97 Å². The average Bonchev–Trinajstić information content (AvgIpc) is 2.07. The zero-order valence-electron chi connectivity index (χ0n) is 6.78. The van der Waals surface area contributed by atoms with Crippen molar-refractivity contribution in [1.82, 2.24) is 0 Å². The van der Waals surface area contributed by atoms with E-state index in [0.717, 1.165) is 0 Å². The van der Waals surface area contributed by atoms with Crippen LogP contribution in [-0.2, 0) is 4.74 Å². The fourth-order valence-corrected chi connectivity index (χ4v) is 0.749. The number of ether oxygens (including phenoxy) is 1. The van der Waals surface area contributed by atoms with Gasteiger partial charge in [0.25, 0.3) is 0 Å². The fourth-order valence-electron chi connectivity index (χ4n) is 0.749. The van der Waals surface area contributed by atoms with Gasteiger partial charge in [-0.05, 0) is 12.1 Å². The summed E-state index contributed by atoms with van der Waals surface area (Å²) in [5.74, 6) is -0.312. The number of rotatable bonds is 2. The van der Waals surface area contributed by atoms with E-state index in [2.05, 4.69) is 4.74 Å². The molecule has 0 unspecified atom stereocenters. The van der Waals surface area contributed by atoms with Crippen LogP contribution in [0.4, 0.5) is 0 Å². The van der Waals surface area contributed by atoms with E-state index in [1.807, 2.05) is 6.07 Å². The van der Waals surface area contributed by atoms with Crippen molar-refractivity contribution in [2.45, 2.75) is 6.92 Å². The SMILES string of the molecule is C[CH-]OC(=O)c1ccccc1.[Ce]. The molecule has 1 aromatic rings. The van der Waals surface area contributed by atoms with E-state index in [1.54, 1.807) is 31.2 Å². The second-order valence-electron chi connectivity index (χ2n) is 2.01. The molecule has 0 N–H and O–H groups in total. The van der Waals surface area contributed by atoms with E-state index in [4.69, 9.17) is 0 Å². The first-order valence-electron chi connectivity index (χ1n) is 3.38. The molecule has 0 saturated carbocycles. The fraction of sp³-hybridized carbons (Fsp3) is 0.111. The summed E-state index contributed by atoms with van der Waals surface area (Å²) in [5.41, 5.74) is 0.575. The van der Waals surface area contributed by atoms with Crippen LogP contribution < -0.4 is 0 Å². The number of carbonyl (C=O) groups excluding carboxylic acids is 1. The Morgan fingerprint density at radius 3 is 2.42 bits per heavy atom. The van der Waals surface area contributed by atoms with Gasteiger partial charge in [0.05, 0.1) is 5.56 Å². The number of esters is 1. The van der Waals surface area contributed by atoms with Crippen LogP contribution in [0.15, 0.2) is 30.3 Å². The van der Waals surface area contributed by atoms with Gasteiger partial charge in [-0.15, -0.1) is 0 Å². The van der Waals surface area contributed by atoms with Gasteiger partial charge in [0.2, 0.25) is 0 Å². The summed E-state index contributed by atoms with van der Waals surface area (Å²) in [6, 6.07) is 8.88. The molecule has 3 heteroatoms. The third kappa shape index (κ3) is 3.65. The molecule has 0 aromatic heterocycles. The third-order valence-corrected chi connectivity index (χ3v) is 1.23. The summed E-state index contributed by atoms with van der Waals surface area (Å²) >= 11 is 0. The maximum absolute atomic E-state index is 11.0. The predicted molar refractivity (Wildman–Crippen MR) is 41.8 cm³/mol. The molecule has 0 spiro atoms. The normalized spacial score (nSPS) is 8.42. The van der Waals surface area contributed by atoms with Crippen molar-refractivity contribution in [1.29, 1.82) is 0 Å². The van der Waals surface area contributed by atoms with E-state index in [1.165, 1.54) is 6.61 Å². The molecule has 0 bridgehead atoms. The molecular weight excluding hydrogens is 280 g/mol. The van der Waals surface area contributed by atoms with Gasteiger partial charge in [0, 0.05) is 41.7 Å². The van der Waals surface area contributed by atoms with Crippen molar-refractivity contribution in [2.24, 2.45) is 0 Å². The van der Waals surface area contributed by atoms with Gasteiger partial charge in [0.1, 0.15) is 0 Å². The van der Waals surface area contributed by atoms with E-state index < -0.39 is 0 Å². The Balaban J connectivity index is 0.00000121. The summed E-state index contributed by atoms with van der Waals surface area (Å²) < 4.78 is 4.66. The number of hydrogen-bond donors (Lipinski definition) is 0. The Labute approximate surface area is 106 Å². The molecule has 1 rings (SSSR count). The minimum Gasteiger partial charge on any atom is -0.634 e. The monoisotopic (exact) mass is 289 g/mol. The first-order chi connectivity index (χ1) is 5.34. The smallest absolute Gasteiger partial charge is 0.306 e. The summed E-state index contributed by atoms with van der Waals surface area (Å²) in [7, 11) is 0. The molecule has 1 aromatic carbocycles. The zero-order valence-corrected chi connectivity index (χ0v) is 9.92.